The van der Waals surface area contributed by atoms with Crippen molar-refractivity contribution in [2.75, 3.05) is 19.6 Å². The summed E-state index contributed by atoms with van der Waals surface area (Å²) in [6, 6.07) is 0.346. The smallest absolute Gasteiger partial charge is 0.0757 e. The summed E-state index contributed by atoms with van der Waals surface area (Å²) in [4.78, 5) is 2.56. The highest BCUT2D eigenvalue weighted by molar-refractivity contribution is 4.96. The Morgan fingerprint density at radius 1 is 1.28 bits per heavy atom. The minimum absolute atomic E-state index is 0.0180. The third kappa shape index (κ3) is 3.06. The summed E-state index contributed by atoms with van der Waals surface area (Å²) in [6.07, 6.45) is 2.88. The van der Waals surface area contributed by atoms with Gasteiger partial charge in [0.05, 0.1) is 11.7 Å². The lowest BCUT2D eigenvalue weighted by molar-refractivity contribution is -0.131. The SMILES string of the molecule is CC1CN(CC2CCC(C)(C)C2N)CC(C)(C)O1. The molecule has 0 radical (unpaired) electrons. The molecule has 3 heteroatoms. The van der Waals surface area contributed by atoms with E-state index in [0.717, 1.165) is 19.6 Å². The molecule has 0 amide bonds. The molecule has 2 aliphatic rings. The molecule has 2 fully saturated rings. The fraction of sp³-hybridized carbons (Fsp3) is 1.00. The van der Waals surface area contributed by atoms with Crippen LogP contribution in [0.4, 0.5) is 0 Å². The van der Waals surface area contributed by atoms with Crippen LogP contribution in [-0.2, 0) is 4.74 Å². The van der Waals surface area contributed by atoms with Crippen LogP contribution in [0.1, 0.15) is 47.5 Å². The molecule has 0 spiro atoms. The molecule has 2 N–H and O–H groups in total. The molecule has 0 aromatic carbocycles. The van der Waals surface area contributed by atoms with Crippen molar-refractivity contribution in [1.82, 2.24) is 4.90 Å². The Kier molecular flexibility index (Phi) is 3.79. The minimum atomic E-state index is -0.0180. The number of nitrogens with two attached hydrogens (primary N) is 1. The van der Waals surface area contributed by atoms with Gasteiger partial charge < -0.3 is 10.5 Å². The van der Waals surface area contributed by atoms with Gasteiger partial charge in [0.25, 0.3) is 0 Å². The average molecular weight is 254 g/mol. The zero-order chi connectivity index (χ0) is 13.6. The van der Waals surface area contributed by atoms with Gasteiger partial charge in [-0.15, -0.1) is 0 Å². The highest BCUT2D eigenvalue weighted by Gasteiger charge is 2.41. The van der Waals surface area contributed by atoms with Crippen molar-refractivity contribution in [2.24, 2.45) is 17.1 Å². The van der Waals surface area contributed by atoms with E-state index in [1.54, 1.807) is 0 Å². The normalized spacial score (nSPS) is 40.0. The Morgan fingerprint density at radius 2 is 1.94 bits per heavy atom. The maximum absolute atomic E-state index is 6.42. The summed E-state index contributed by atoms with van der Waals surface area (Å²) in [5.41, 5.74) is 6.72. The van der Waals surface area contributed by atoms with E-state index in [1.807, 2.05) is 0 Å². The first kappa shape index (κ1) is 14.3. The van der Waals surface area contributed by atoms with Crippen molar-refractivity contribution >= 4 is 0 Å². The van der Waals surface area contributed by atoms with E-state index < -0.39 is 0 Å². The van der Waals surface area contributed by atoms with Crippen LogP contribution in [0.2, 0.25) is 0 Å². The molecule has 1 saturated heterocycles. The highest BCUT2D eigenvalue weighted by atomic mass is 16.5. The number of ether oxygens (including phenoxy) is 1. The first-order chi connectivity index (χ1) is 8.20. The van der Waals surface area contributed by atoms with Crippen molar-refractivity contribution in [3.05, 3.63) is 0 Å². The highest BCUT2D eigenvalue weighted by Crippen LogP contribution is 2.40. The predicted molar refractivity (Wildman–Crippen MR) is 75.5 cm³/mol. The first-order valence-corrected chi connectivity index (χ1v) is 7.35. The number of rotatable bonds is 2. The number of hydrogen-bond donors (Lipinski definition) is 1. The molecule has 2 rings (SSSR count). The van der Waals surface area contributed by atoms with Crippen LogP contribution in [0.5, 0.6) is 0 Å². The van der Waals surface area contributed by atoms with Gasteiger partial charge in [0, 0.05) is 25.7 Å². The van der Waals surface area contributed by atoms with Gasteiger partial charge in [-0.25, -0.2) is 0 Å². The third-order valence-corrected chi connectivity index (χ3v) is 4.70. The van der Waals surface area contributed by atoms with Crippen molar-refractivity contribution in [3.8, 4) is 0 Å². The molecule has 3 nitrogen and oxygen atoms in total. The Bertz CT molecular complexity index is 301. The molecule has 1 aliphatic carbocycles. The second kappa shape index (κ2) is 4.77. The van der Waals surface area contributed by atoms with E-state index in [4.69, 9.17) is 10.5 Å². The van der Waals surface area contributed by atoms with Gasteiger partial charge in [-0.2, -0.15) is 0 Å². The molecule has 106 valence electrons. The minimum Gasteiger partial charge on any atom is -0.370 e. The topological polar surface area (TPSA) is 38.5 Å². The van der Waals surface area contributed by atoms with Gasteiger partial charge in [0.1, 0.15) is 0 Å². The number of nitrogens with zero attached hydrogens (tertiary/aromatic N) is 1. The summed E-state index contributed by atoms with van der Waals surface area (Å²) < 4.78 is 5.96. The molecule has 1 heterocycles. The number of hydrogen-bond acceptors (Lipinski definition) is 3. The van der Waals surface area contributed by atoms with Crippen molar-refractivity contribution in [2.45, 2.75) is 65.2 Å². The molecule has 3 atom stereocenters. The average Bonchev–Trinajstić information content (AvgIpc) is 2.42. The fourth-order valence-corrected chi connectivity index (χ4v) is 3.80. The van der Waals surface area contributed by atoms with Crippen molar-refractivity contribution in [3.63, 3.8) is 0 Å². The molecule has 18 heavy (non-hydrogen) atoms. The fourth-order valence-electron chi connectivity index (χ4n) is 3.80. The monoisotopic (exact) mass is 254 g/mol. The largest absolute Gasteiger partial charge is 0.370 e. The lowest BCUT2D eigenvalue weighted by Gasteiger charge is -2.43. The lowest BCUT2D eigenvalue weighted by Crippen LogP contribution is -2.54. The molecular formula is C15H30N2O. The zero-order valence-corrected chi connectivity index (χ0v) is 12.7. The van der Waals surface area contributed by atoms with E-state index in [0.29, 0.717) is 23.5 Å². The summed E-state index contributed by atoms with van der Waals surface area (Å²) in [5.74, 6) is 0.654. The van der Waals surface area contributed by atoms with Crippen molar-refractivity contribution in [1.29, 1.82) is 0 Å². The van der Waals surface area contributed by atoms with E-state index in [2.05, 4.69) is 39.5 Å². The van der Waals surface area contributed by atoms with Crippen LogP contribution in [-0.4, -0.2) is 42.3 Å². The third-order valence-electron chi connectivity index (χ3n) is 4.70. The van der Waals surface area contributed by atoms with E-state index in [-0.39, 0.29) is 5.60 Å². The molecular weight excluding hydrogens is 224 g/mol. The van der Waals surface area contributed by atoms with Gasteiger partial charge >= 0.3 is 0 Å². The quantitative estimate of drug-likeness (QED) is 0.821. The van der Waals surface area contributed by atoms with Crippen LogP contribution in [0.15, 0.2) is 0 Å². The standard InChI is InChI=1S/C15H30N2O/c1-11-8-17(10-15(4,5)18-11)9-12-6-7-14(2,3)13(12)16/h11-13H,6-10,16H2,1-5H3. The summed E-state index contributed by atoms with van der Waals surface area (Å²) in [7, 11) is 0. The Morgan fingerprint density at radius 3 is 2.44 bits per heavy atom. The summed E-state index contributed by atoms with van der Waals surface area (Å²) >= 11 is 0. The van der Waals surface area contributed by atoms with Crippen LogP contribution in [0.3, 0.4) is 0 Å². The van der Waals surface area contributed by atoms with E-state index in [1.165, 1.54) is 12.8 Å². The van der Waals surface area contributed by atoms with Crippen LogP contribution in [0, 0.1) is 11.3 Å². The Labute approximate surface area is 112 Å². The molecule has 1 saturated carbocycles. The lowest BCUT2D eigenvalue weighted by atomic mass is 9.85. The second-order valence-electron chi connectivity index (χ2n) is 7.70. The summed E-state index contributed by atoms with van der Waals surface area (Å²) in [5, 5.41) is 0. The molecule has 3 unspecified atom stereocenters. The first-order valence-electron chi connectivity index (χ1n) is 7.35. The molecule has 0 aromatic rings. The molecule has 0 aromatic heterocycles. The van der Waals surface area contributed by atoms with Crippen molar-refractivity contribution < 1.29 is 4.74 Å². The Hall–Kier alpha value is -0.120. The van der Waals surface area contributed by atoms with E-state index >= 15 is 0 Å². The summed E-state index contributed by atoms with van der Waals surface area (Å²) in [6.45, 7) is 14.4. The van der Waals surface area contributed by atoms with Gasteiger partial charge in [-0.3, -0.25) is 4.90 Å². The maximum Gasteiger partial charge on any atom is 0.0757 e. The van der Waals surface area contributed by atoms with Crippen LogP contribution < -0.4 is 5.73 Å². The zero-order valence-electron chi connectivity index (χ0n) is 12.7. The van der Waals surface area contributed by atoms with E-state index in [9.17, 15) is 0 Å². The maximum atomic E-state index is 6.42. The molecule has 0 bridgehead atoms. The number of morpholine rings is 1. The van der Waals surface area contributed by atoms with Gasteiger partial charge in [0.15, 0.2) is 0 Å². The molecule has 1 aliphatic heterocycles. The predicted octanol–water partition coefficient (Wildman–Crippen LogP) is 2.25. The van der Waals surface area contributed by atoms with Gasteiger partial charge in [-0.05, 0) is 44.9 Å². The van der Waals surface area contributed by atoms with Crippen LogP contribution >= 0.6 is 0 Å². The van der Waals surface area contributed by atoms with Gasteiger partial charge in [0.2, 0.25) is 0 Å². The van der Waals surface area contributed by atoms with Gasteiger partial charge in [-0.1, -0.05) is 13.8 Å². The van der Waals surface area contributed by atoms with Crippen LogP contribution in [0.25, 0.3) is 0 Å². The second-order valence-corrected chi connectivity index (χ2v) is 7.70. The Balaban J connectivity index is 1.94.